The van der Waals surface area contributed by atoms with Crippen LogP contribution in [-0.2, 0) is 90.1 Å². The van der Waals surface area contributed by atoms with Crippen LogP contribution >= 0.6 is 23.5 Å². The van der Waals surface area contributed by atoms with Crippen molar-refractivity contribution in [2.24, 2.45) is 0 Å². The van der Waals surface area contributed by atoms with Crippen LogP contribution in [0.5, 0.6) is 11.5 Å². The second kappa shape index (κ2) is 33.3. The Morgan fingerprint density at radius 3 is 1.11 bits per heavy atom. The number of benzene rings is 3. The Bertz CT molecular complexity index is 3360. The number of thioether (sulfide) groups is 2. The maximum atomic E-state index is 12.6. The number of rotatable bonds is 16. The molecule has 0 N–H and O–H groups in total. The molecule has 15 rings (SSSR count). The third-order valence-corrected chi connectivity index (χ3v) is 24.1. The van der Waals surface area contributed by atoms with Crippen molar-refractivity contribution in [3.63, 3.8) is 0 Å². The van der Waals surface area contributed by atoms with Crippen molar-refractivity contribution in [2.45, 2.75) is 261 Å². The molecule has 4 aliphatic carbocycles. The summed E-state index contributed by atoms with van der Waals surface area (Å²) in [6.07, 6.45) is 17.8. The fraction of sp³-hybridized carbons (Fsp3) is 0.605. The van der Waals surface area contributed by atoms with E-state index in [4.69, 9.17) is 90.0 Å². The van der Waals surface area contributed by atoms with Gasteiger partial charge in [-0.1, -0.05) is 101 Å². The van der Waals surface area contributed by atoms with Gasteiger partial charge in [0.25, 0.3) is 0 Å². The van der Waals surface area contributed by atoms with Crippen LogP contribution in [0.3, 0.4) is 0 Å². The molecule has 16 unspecified atom stereocenters. The maximum Gasteiger partial charge on any atom is 0.340 e. The number of ether oxygens (including phenoxy) is 19. The summed E-state index contributed by atoms with van der Waals surface area (Å²) in [5.74, 6) is -2.64. The molecule has 550 valence electrons. The van der Waals surface area contributed by atoms with Gasteiger partial charge in [0.2, 0.25) is 25.2 Å². The Morgan fingerprint density at radius 2 is 0.723 bits per heavy atom. The molecule has 8 aliphatic heterocycles. The van der Waals surface area contributed by atoms with Crippen LogP contribution in [0.4, 0.5) is 0 Å². The zero-order valence-corrected chi connectivity index (χ0v) is 60.1. The van der Waals surface area contributed by atoms with Crippen molar-refractivity contribution in [2.75, 3.05) is 28.4 Å². The molecule has 25 heteroatoms. The summed E-state index contributed by atoms with van der Waals surface area (Å²) in [4.78, 5) is 48.5. The van der Waals surface area contributed by atoms with Crippen LogP contribution in [0.15, 0.2) is 110 Å². The van der Waals surface area contributed by atoms with Gasteiger partial charge in [-0.3, -0.25) is 0 Å². The first-order valence-corrected chi connectivity index (χ1v) is 37.1. The van der Waals surface area contributed by atoms with E-state index in [1.165, 1.54) is 76.3 Å². The van der Waals surface area contributed by atoms with E-state index in [1.807, 2.05) is 59.9 Å². The minimum atomic E-state index is -0.935. The molecule has 4 saturated carbocycles. The summed E-state index contributed by atoms with van der Waals surface area (Å²) >= 11 is 3.91. The van der Waals surface area contributed by atoms with Crippen molar-refractivity contribution in [1.29, 1.82) is 0 Å². The lowest BCUT2D eigenvalue weighted by atomic mass is 9.94. The van der Waals surface area contributed by atoms with Gasteiger partial charge in [0.1, 0.15) is 29.8 Å². The lowest BCUT2D eigenvalue weighted by molar-refractivity contribution is -0.276. The summed E-state index contributed by atoms with van der Waals surface area (Å²) in [6, 6.07) is 20.8. The Balaban J connectivity index is 0.000000128. The van der Waals surface area contributed by atoms with E-state index < -0.39 is 97.6 Å². The molecule has 0 radical (unpaired) electrons. The molecule has 23 nitrogen and oxygen atoms in total. The summed E-state index contributed by atoms with van der Waals surface area (Å²) in [5.41, 5.74) is 3.40. The first-order chi connectivity index (χ1) is 48.8. The second-order valence-electron chi connectivity index (χ2n) is 27.4. The van der Waals surface area contributed by atoms with Gasteiger partial charge in [-0.2, -0.15) is 0 Å². The Labute approximate surface area is 599 Å². The van der Waals surface area contributed by atoms with Gasteiger partial charge >= 0.3 is 23.9 Å². The lowest BCUT2D eigenvalue weighted by Crippen LogP contribution is -2.38. The average Bonchev–Trinajstić information content (AvgIpc) is 1.62. The molecule has 8 saturated heterocycles. The first-order valence-electron chi connectivity index (χ1n) is 35.4. The number of hydrogen-bond acceptors (Lipinski definition) is 25. The molecule has 0 bridgehead atoms. The lowest BCUT2D eigenvalue weighted by Gasteiger charge is -2.33. The molecule has 101 heavy (non-hydrogen) atoms. The molecule has 3 aromatic carbocycles. The largest absolute Gasteiger partial charge is 0.462 e. The predicted octanol–water partition coefficient (Wildman–Crippen LogP) is 13.2. The van der Waals surface area contributed by atoms with Crippen LogP contribution < -0.4 is 9.47 Å². The Kier molecular flexibility index (Phi) is 24.7. The van der Waals surface area contributed by atoms with E-state index >= 15 is 0 Å². The molecular weight excluding hydrogens is 1340 g/mol. The van der Waals surface area contributed by atoms with Crippen LogP contribution in [0.1, 0.15) is 174 Å². The zero-order chi connectivity index (χ0) is 71.1. The van der Waals surface area contributed by atoms with E-state index in [1.54, 1.807) is 59.5 Å². The molecule has 0 amide bonds. The topological polar surface area (TPSA) is 244 Å². The molecule has 4 spiro atoms. The second-order valence-corrected chi connectivity index (χ2v) is 30.8. The summed E-state index contributed by atoms with van der Waals surface area (Å²) < 4.78 is 110. The van der Waals surface area contributed by atoms with Crippen LogP contribution in [-0.4, -0.2) is 171 Å². The SMILES string of the molecule is C=C(C)C(=O)OC1OC(OC)C2SC3(CCCCC3)SC12.C=C(C)C(=O)Oc1ccc(C(=O)OC2OC(OC)C3OC4(CCCCC4)OC23)cc1.C=Cc1ccc(C(=O)OC2OC(OC)C3OC4(CCCCC4)OC23)cc1.C=Cc1ccc(OC2OC(OC)C3OC4(CCCCC4)OC23)cc1. The van der Waals surface area contributed by atoms with E-state index in [2.05, 4.69) is 26.3 Å². The van der Waals surface area contributed by atoms with Crippen LogP contribution in [0.25, 0.3) is 12.2 Å². The molecule has 8 heterocycles. The van der Waals surface area contributed by atoms with Crippen molar-refractivity contribution in [3.05, 3.63) is 133 Å². The van der Waals surface area contributed by atoms with Crippen molar-refractivity contribution in [3.8, 4) is 11.5 Å². The highest BCUT2D eigenvalue weighted by Gasteiger charge is 2.64. The minimum absolute atomic E-state index is 0.154. The quantitative estimate of drug-likeness (QED) is 0.0560. The third-order valence-electron chi connectivity index (χ3n) is 20.1. The minimum Gasteiger partial charge on any atom is -0.462 e. The Hall–Kier alpha value is -5.56. The van der Waals surface area contributed by atoms with Crippen molar-refractivity contribution < 1.29 is 109 Å². The average molecular weight is 1440 g/mol. The number of esters is 4. The maximum absolute atomic E-state index is 12.6. The predicted molar refractivity (Wildman–Crippen MR) is 370 cm³/mol. The number of hydrogen-bond donors (Lipinski definition) is 0. The fourth-order valence-electron chi connectivity index (χ4n) is 14.9. The summed E-state index contributed by atoms with van der Waals surface area (Å²) in [5, 5.41) is 0.391. The van der Waals surface area contributed by atoms with Crippen molar-refractivity contribution in [1.82, 2.24) is 0 Å². The van der Waals surface area contributed by atoms with E-state index in [9.17, 15) is 19.2 Å². The standard InChI is InChI=1S/C22H26O8.C20H24O6.C19H24O5.C15H22O4S2/c1-13(2)18(23)26-15-9-7-14(8-10-15)19(24)27-21-17-16(20(25-3)28-21)29-22(30-17)11-5-4-6-12-22;1-3-13-7-9-14(10-8-13)17(21)23-19-16-15(18(22-2)24-19)25-20(26-16)11-5-4-6-12-20;1-3-13-7-9-14(10-8-13)21-18-16-15(17(20-2)22-18)23-19(24-16)11-5-4-6-12-19;1-9(2)12(16)18-14-11-10(13(17-3)19-14)20-15(21-11)7-5-4-6-8-15/h7-10,16-17,20-21H,1,4-6,11-12H2,2-3H3;3,7-10,15-16,18-19H,1,4-6,11-12H2,2H3;3,7-10,15-18H,1,4-6,11-12H2,2H3;10-11,13-14H,1,4-8H2,2-3H3. The van der Waals surface area contributed by atoms with Gasteiger partial charge in [0, 0.05) is 78.1 Å². The van der Waals surface area contributed by atoms with Crippen molar-refractivity contribution >= 4 is 59.6 Å². The Morgan fingerprint density at radius 1 is 0.396 bits per heavy atom. The first kappa shape index (κ1) is 75.1. The van der Waals surface area contributed by atoms with Gasteiger partial charge in [0.15, 0.2) is 60.8 Å². The molecule has 12 fully saturated rings. The monoisotopic (exact) mass is 1440 g/mol. The highest BCUT2D eigenvalue weighted by atomic mass is 32.2. The van der Waals surface area contributed by atoms with E-state index in [0.717, 1.165) is 100 Å². The fourth-order valence-corrected chi connectivity index (χ4v) is 19.2. The molecular formula is C76H96O23S2. The number of carbonyl (C=O) groups excluding carboxylic acids is 4. The van der Waals surface area contributed by atoms with E-state index in [-0.39, 0.29) is 56.3 Å². The van der Waals surface area contributed by atoms with Gasteiger partial charge in [-0.15, -0.1) is 23.5 Å². The highest BCUT2D eigenvalue weighted by Crippen LogP contribution is 2.63. The zero-order valence-electron chi connectivity index (χ0n) is 58.5. The number of fused-ring (bicyclic) bond motifs is 4. The smallest absolute Gasteiger partial charge is 0.340 e. The summed E-state index contributed by atoms with van der Waals surface area (Å²) in [7, 11) is 6.35. The molecule has 16 atom stereocenters. The summed E-state index contributed by atoms with van der Waals surface area (Å²) in [6.45, 7) is 17.8. The van der Waals surface area contributed by atoms with E-state index in [0.29, 0.717) is 16.9 Å². The number of methoxy groups -OCH3 is 4. The van der Waals surface area contributed by atoms with Gasteiger partial charge in [-0.05, 0) is 125 Å². The van der Waals surface area contributed by atoms with Crippen LogP contribution in [0, 0.1) is 0 Å². The molecule has 0 aromatic heterocycles. The third kappa shape index (κ3) is 17.2. The normalized spacial score (nSPS) is 33.0. The molecule has 12 aliphatic rings. The molecule has 3 aromatic rings. The van der Waals surface area contributed by atoms with Gasteiger partial charge in [-0.25, -0.2) is 19.2 Å². The number of carbonyl (C=O) groups is 4. The van der Waals surface area contributed by atoms with Crippen LogP contribution in [0.2, 0.25) is 0 Å². The van der Waals surface area contributed by atoms with Gasteiger partial charge < -0.3 is 90.0 Å². The van der Waals surface area contributed by atoms with Gasteiger partial charge in [0.05, 0.1) is 25.7 Å². The highest BCUT2D eigenvalue weighted by molar-refractivity contribution is 8.22.